The molecule has 26 heavy (non-hydrogen) atoms. The zero-order valence-electron chi connectivity index (χ0n) is 15.0. The van der Waals surface area contributed by atoms with Gasteiger partial charge in [-0.05, 0) is 32.3 Å². The Labute approximate surface area is 150 Å². The maximum atomic E-state index is 13.0. The van der Waals surface area contributed by atoms with Crippen molar-refractivity contribution >= 4 is 16.9 Å². The predicted molar refractivity (Wildman–Crippen MR) is 96.1 cm³/mol. The van der Waals surface area contributed by atoms with Crippen LogP contribution in [0.15, 0.2) is 33.7 Å². The molecule has 0 amide bonds. The number of rotatable bonds is 3. The van der Waals surface area contributed by atoms with Gasteiger partial charge >= 0.3 is 6.18 Å². The van der Waals surface area contributed by atoms with Crippen LogP contribution in [0.1, 0.15) is 37.0 Å². The highest BCUT2D eigenvalue weighted by Crippen LogP contribution is 2.37. The maximum Gasteiger partial charge on any atom is 0.391 e. The summed E-state index contributed by atoms with van der Waals surface area (Å²) in [5.74, 6) is 0.0631. The van der Waals surface area contributed by atoms with Gasteiger partial charge in [-0.3, -0.25) is 4.99 Å². The van der Waals surface area contributed by atoms with Gasteiger partial charge in [-0.25, -0.2) is 0 Å². The Morgan fingerprint density at radius 3 is 2.73 bits per heavy atom. The van der Waals surface area contributed by atoms with Gasteiger partial charge in [0.05, 0.1) is 12.5 Å². The number of hydrogen-bond acceptors (Lipinski definition) is 2. The minimum atomic E-state index is -4.12. The smallest absolute Gasteiger partial charge is 0.391 e. The third-order valence-corrected chi connectivity index (χ3v) is 5.06. The molecule has 1 aliphatic carbocycles. The van der Waals surface area contributed by atoms with E-state index in [1.54, 1.807) is 7.05 Å². The fraction of sp³-hybridized carbons (Fsp3) is 0.526. The molecule has 1 fully saturated rings. The summed E-state index contributed by atoms with van der Waals surface area (Å²) < 4.78 is 44.7. The summed E-state index contributed by atoms with van der Waals surface area (Å²) in [4.78, 5) is 4.14. The topological polar surface area (TPSA) is 49.6 Å². The van der Waals surface area contributed by atoms with Crippen molar-refractivity contribution in [3.63, 3.8) is 0 Å². The minimum absolute atomic E-state index is 0.0911. The van der Waals surface area contributed by atoms with Crippen LogP contribution in [0.5, 0.6) is 0 Å². The molecular formula is C19H24F3N3O. The number of halogens is 3. The van der Waals surface area contributed by atoms with Gasteiger partial charge in [0.1, 0.15) is 11.3 Å². The van der Waals surface area contributed by atoms with Crippen molar-refractivity contribution in [1.82, 2.24) is 10.6 Å². The molecule has 1 aromatic carbocycles. The number of aliphatic imine (C=N–C) groups is 1. The molecule has 0 aliphatic heterocycles. The fourth-order valence-electron chi connectivity index (χ4n) is 3.56. The number of hydrogen-bond donors (Lipinski definition) is 2. The molecule has 142 valence electrons. The van der Waals surface area contributed by atoms with E-state index in [-0.39, 0.29) is 18.9 Å². The molecule has 1 heterocycles. The van der Waals surface area contributed by atoms with Gasteiger partial charge in [-0.1, -0.05) is 24.6 Å². The Morgan fingerprint density at radius 2 is 2.04 bits per heavy atom. The summed E-state index contributed by atoms with van der Waals surface area (Å²) in [6, 6.07) is 7.58. The zero-order valence-corrected chi connectivity index (χ0v) is 15.0. The van der Waals surface area contributed by atoms with E-state index in [9.17, 15) is 13.2 Å². The quantitative estimate of drug-likeness (QED) is 0.619. The largest absolute Gasteiger partial charge is 0.459 e. The van der Waals surface area contributed by atoms with Gasteiger partial charge in [0.2, 0.25) is 0 Å². The van der Waals surface area contributed by atoms with Crippen LogP contribution in [0.4, 0.5) is 13.2 Å². The van der Waals surface area contributed by atoms with E-state index in [0.717, 1.165) is 28.7 Å². The van der Waals surface area contributed by atoms with Crippen molar-refractivity contribution in [1.29, 1.82) is 0 Å². The first-order chi connectivity index (χ1) is 12.4. The lowest BCUT2D eigenvalue weighted by Crippen LogP contribution is -2.46. The first kappa shape index (κ1) is 18.6. The normalized spacial score (nSPS) is 21.8. The highest BCUT2D eigenvalue weighted by molar-refractivity contribution is 5.83. The van der Waals surface area contributed by atoms with Crippen LogP contribution in [-0.4, -0.2) is 25.2 Å². The van der Waals surface area contributed by atoms with Crippen LogP contribution < -0.4 is 10.6 Å². The highest BCUT2D eigenvalue weighted by Gasteiger charge is 2.42. The molecule has 2 atom stereocenters. The first-order valence-electron chi connectivity index (χ1n) is 8.89. The number of fused-ring (bicyclic) bond motifs is 1. The average Bonchev–Trinajstić information content (AvgIpc) is 2.94. The molecule has 4 nitrogen and oxygen atoms in total. The summed E-state index contributed by atoms with van der Waals surface area (Å²) in [6.45, 7) is 2.42. The molecule has 0 bridgehead atoms. The number of furan rings is 1. The lowest BCUT2D eigenvalue weighted by atomic mass is 9.85. The summed E-state index contributed by atoms with van der Waals surface area (Å²) >= 11 is 0. The zero-order chi connectivity index (χ0) is 18.7. The van der Waals surface area contributed by atoms with Gasteiger partial charge in [-0.2, -0.15) is 13.2 Å². The SMILES string of the molecule is CN=C(NCc1oc2ccccc2c1C)NC1CCCC(C(F)(F)F)C1. The summed E-state index contributed by atoms with van der Waals surface area (Å²) in [7, 11) is 1.62. The lowest BCUT2D eigenvalue weighted by Gasteiger charge is -2.31. The Balaban J connectivity index is 1.60. The fourth-order valence-corrected chi connectivity index (χ4v) is 3.56. The van der Waals surface area contributed by atoms with Crippen molar-refractivity contribution in [2.24, 2.45) is 10.9 Å². The lowest BCUT2D eigenvalue weighted by molar-refractivity contribution is -0.183. The van der Waals surface area contributed by atoms with Crippen molar-refractivity contribution < 1.29 is 17.6 Å². The predicted octanol–water partition coefficient (Wildman–Crippen LogP) is 4.53. The third-order valence-electron chi connectivity index (χ3n) is 5.06. The van der Waals surface area contributed by atoms with Crippen molar-refractivity contribution in [3.8, 4) is 0 Å². The molecule has 2 N–H and O–H groups in total. The molecule has 1 saturated carbocycles. The number of aryl methyl sites for hydroxylation is 1. The highest BCUT2D eigenvalue weighted by atomic mass is 19.4. The summed E-state index contributed by atoms with van der Waals surface area (Å²) in [5, 5.41) is 7.34. The third kappa shape index (κ3) is 4.14. The van der Waals surface area contributed by atoms with E-state index in [2.05, 4.69) is 15.6 Å². The van der Waals surface area contributed by atoms with Crippen molar-refractivity contribution in [2.45, 2.75) is 51.4 Å². The molecule has 0 spiro atoms. The molecular weight excluding hydrogens is 343 g/mol. The van der Waals surface area contributed by atoms with Crippen LogP contribution in [0.3, 0.4) is 0 Å². The Morgan fingerprint density at radius 1 is 1.27 bits per heavy atom. The molecule has 2 unspecified atom stereocenters. The standard InChI is InChI=1S/C19H24F3N3O/c1-12-15-8-3-4-9-16(15)26-17(12)11-24-18(23-2)25-14-7-5-6-13(10-14)19(20,21)22/h3-4,8-9,13-14H,5-7,10-11H2,1-2H3,(H2,23,24,25). The van der Waals surface area contributed by atoms with Crippen LogP contribution >= 0.6 is 0 Å². The van der Waals surface area contributed by atoms with Crippen LogP contribution in [0, 0.1) is 12.8 Å². The Hall–Kier alpha value is -2.18. The number of nitrogens with zero attached hydrogens (tertiary/aromatic N) is 1. The van der Waals surface area contributed by atoms with E-state index in [4.69, 9.17) is 4.42 Å². The second-order valence-electron chi connectivity index (χ2n) is 6.82. The second kappa shape index (κ2) is 7.60. The molecule has 2 aromatic rings. The molecule has 7 heteroatoms. The number of nitrogens with one attached hydrogen (secondary N) is 2. The van der Waals surface area contributed by atoms with Crippen LogP contribution in [0.25, 0.3) is 11.0 Å². The van der Waals surface area contributed by atoms with Crippen LogP contribution in [0.2, 0.25) is 0 Å². The van der Waals surface area contributed by atoms with E-state index >= 15 is 0 Å². The van der Waals surface area contributed by atoms with Crippen molar-refractivity contribution in [3.05, 3.63) is 35.6 Å². The van der Waals surface area contributed by atoms with E-state index < -0.39 is 12.1 Å². The van der Waals surface area contributed by atoms with E-state index in [0.29, 0.717) is 18.9 Å². The molecule has 3 rings (SSSR count). The van der Waals surface area contributed by atoms with E-state index in [1.165, 1.54) is 0 Å². The Bertz CT molecular complexity index is 782. The van der Waals surface area contributed by atoms with Gasteiger partial charge in [0.15, 0.2) is 5.96 Å². The summed E-state index contributed by atoms with van der Waals surface area (Å²) in [6.07, 6.45) is -2.53. The monoisotopic (exact) mass is 367 g/mol. The molecule has 0 saturated heterocycles. The Kier molecular flexibility index (Phi) is 5.44. The average molecular weight is 367 g/mol. The maximum absolute atomic E-state index is 13.0. The first-order valence-corrected chi connectivity index (χ1v) is 8.89. The minimum Gasteiger partial charge on any atom is -0.459 e. The number of benzene rings is 1. The number of para-hydroxylation sites is 1. The molecule has 1 aromatic heterocycles. The number of guanidine groups is 1. The second-order valence-corrected chi connectivity index (χ2v) is 6.82. The van der Waals surface area contributed by atoms with Gasteiger partial charge < -0.3 is 15.1 Å². The van der Waals surface area contributed by atoms with Gasteiger partial charge in [0.25, 0.3) is 0 Å². The molecule has 1 aliphatic rings. The summed E-state index contributed by atoms with van der Waals surface area (Å²) in [5.41, 5.74) is 1.88. The van der Waals surface area contributed by atoms with Crippen molar-refractivity contribution in [2.75, 3.05) is 7.05 Å². The number of alkyl halides is 3. The van der Waals surface area contributed by atoms with Crippen LogP contribution in [-0.2, 0) is 6.54 Å². The van der Waals surface area contributed by atoms with E-state index in [1.807, 2.05) is 31.2 Å². The van der Waals surface area contributed by atoms with Gasteiger partial charge in [-0.15, -0.1) is 0 Å². The molecule has 0 radical (unpaired) electrons. The van der Waals surface area contributed by atoms with Gasteiger partial charge in [0, 0.05) is 24.0 Å².